The monoisotopic (exact) mass is 338 g/mol. The van der Waals surface area contributed by atoms with Crippen molar-refractivity contribution in [2.75, 3.05) is 0 Å². The third-order valence-corrected chi connectivity index (χ3v) is 4.07. The van der Waals surface area contributed by atoms with Gasteiger partial charge in [-0.25, -0.2) is 0 Å². The molecule has 3 aromatic carbocycles. The van der Waals surface area contributed by atoms with E-state index in [9.17, 15) is 0 Å². The molecule has 0 amide bonds. The molecule has 0 radical (unpaired) electrons. The van der Waals surface area contributed by atoms with Crippen molar-refractivity contribution in [3.05, 3.63) is 57.1 Å². The molecular weight excluding hydrogens is 331 g/mol. The number of fused-ring (bicyclic) bond motifs is 2. The Morgan fingerprint density at radius 1 is 0.875 bits per heavy atom. The Labute approximate surface area is 112 Å². The van der Waals surface area contributed by atoms with Crippen LogP contribution in [0.3, 0.4) is 0 Å². The molecule has 0 aromatic heterocycles. The van der Waals surface area contributed by atoms with E-state index in [1.807, 2.05) is 12.1 Å². The molecule has 3 rings (SSSR count). The van der Waals surface area contributed by atoms with Crippen LogP contribution in [0.25, 0.3) is 21.5 Å². The van der Waals surface area contributed by atoms with Gasteiger partial charge in [0.05, 0.1) is 5.02 Å². The zero-order valence-electron chi connectivity index (χ0n) is 8.37. The lowest BCUT2D eigenvalue weighted by atomic mass is 10.0. The van der Waals surface area contributed by atoms with E-state index in [1.54, 1.807) is 0 Å². The minimum absolute atomic E-state index is 0.859. The highest BCUT2D eigenvalue weighted by Crippen LogP contribution is 2.34. The normalized spacial score (nSPS) is 11.1. The second-order valence-corrected chi connectivity index (χ2v) is 5.29. The van der Waals surface area contributed by atoms with Gasteiger partial charge in [-0.15, -0.1) is 0 Å². The predicted octanol–water partition coefficient (Wildman–Crippen LogP) is 5.25. The van der Waals surface area contributed by atoms with Crippen LogP contribution < -0.4 is 0 Å². The van der Waals surface area contributed by atoms with Crippen molar-refractivity contribution < 1.29 is 0 Å². The van der Waals surface area contributed by atoms with Gasteiger partial charge in [-0.05, 0) is 45.5 Å². The first-order valence-electron chi connectivity index (χ1n) is 5.03. The molecule has 0 atom stereocenters. The van der Waals surface area contributed by atoms with E-state index in [2.05, 4.69) is 59.0 Å². The van der Waals surface area contributed by atoms with E-state index in [4.69, 9.17) is 11.6 Å². The van der Waals surface area contributed by atoms with Crippen molar-refractivity contribution >= 4 is 55.7 Å². The van der Waals surface area contributed by atoms with Crippen LogP contribution in [0.5, 0.6) is 0 Å². The molecule has 0 heterocycles. The highest BCUT2D eigenvalue weighted by Gasteiger charge is 2.07. The van der Waals surface area contributed by atoms with Gasteiger partial charge in [-0.3, -0.25) is 0 Å². The minimum Gasteiger partial charge on any atom is -0.0829 e. The van der Waals surface area contributed by atoms with Gasteiger partial charge in [0.15, 0.2) is 0 Å². The van der Waals surface area contributed by atoms with Gasteiger partial charge >= 0.3 is 0 Å². The topological polar surface area (TPSA) is 0 Å². The van der Waals surface area contributed by atoms with Crippen LogP contribution in [0.2, 0.25) is 5.02 Å². The summed E-state index contributed by atoms with van der Waals surface area (Å²) in [5, 5.41) is 5.54. The summed E-state index contributed by atoms with van der Waals surface area (Å²) in [5.41, 5.74) is 0. The molecule has 0 N–H and O–H groups in total. The molecule has 0 bridgehead atoms. The average Bonchev–Trinajstić information content (AvgIpc) is 2.29. The van der Waals surface area contributed by atoms with Crippen LogP contribution in [0.1, 0.15) is 0 Å². The van der Waals surface area contributed by atoms with E-state index in [0.717, 1.165) is 15.8 Å². The number of hydrogen-bond acceptors (Lipinski definition) is 0. The number of halogens is 2. The van der Waals surface area contributed by atoms with E-state index in [-0.39, 0.29) is 0 Å². The molecule has 0 aliphatic carbocycles. The molecule has 0 aliphatic heterocycles. The summed E-state index contributed by atoms with van der Waals surface area (Å²) in [6, 6.07) is 16.7. The van der Waals surface area contributed by atoms with Crippen LogP contribution in [-0.2, 0) is 0 Å². The smallest absolute Gasteiger partial charge is 0.0573 e. The lowest BCUT2D eigenvalue weighted by Crippen LogP contribution is -1.82. The van der Waals surface area contributed by atoms with Crippen molar-refractivity contribution in [3.8, 4) is 0 Å². The molecule has 2 heteroatoms. The Kier molecular flexibility index (Phi) is 2.52. The van der Waals surface area contributed by atoms with Crippen molar-refractivity contribution in [2.24, 2.45) is 0 Å². The highest BCUT2D eigenvalue weighted by molar-refractivity contribution is 14.1. The molecular formula is C14H8ClI. The quantitative estimate of drug-likeness (QED) is 0.388. The summed E-state index contributed by atoms with van der Waals surface area (Å²) >= 11 is 8.81. The molecule has 0 fully saturated rings. The first-order chi connectivity index (χ1) is 7.77. The third kappa shape index (κ3) is 1.50. The first kappa shape index (κ1) is 10.4. The first-order valence-corrected chi connectivity index (χ1v) is 6.48. The molecule has 3 aromatic rings. The molecule has 0 aliphatic rings. The number of rotatable bonds is 0. The fourth-order valence-corrected chi connectivity index (χ4v) is 3.35. The standard InChI is InChI=1S/C14H8ClI/c15-14-11-6-2-1-4-9(11)8-10-5-3-7-12(16)13(10)14/h1-8H. The Hall–Kier alpha value is -0.800. The maximum absolute atomic E-state index is 6.47. The maximum atomic E-state index is 6.47. The van der Waals surface area contributed by atoms with E-state index >= 15 is 0 Å². The van der Waals surface area contributed by atoms with Crippen LogP contribution in [0, 0.1) is 3.57 Å². The fourth-order valence-electron chi connectivity index (χ4n) is 2.02. The van der Waals surface area contributed by atoms with Gasteiger partial charge in [0.1, 0.15) is 0 Å². The predicted molar refractivity (Wildman–Crippen MR) is 79.2 cm³/mol. The Morgan fingerprint density at radius 3 is 2.50 bits per heavy atom. The van der Waals surface area contributed by atoms with Gasteiger partial charge in [-0.1, -0.05) is 48.0 Å². The zero-order chi connectivity index (χ0) is 11.1. The second-order valence-electron chi connectivity index (χ2n) is 3.75. The van der Waals surface area contributed by atoms with Crippen LogP contribution >= 0.6 is 34.2 Å². The highest BCUT2D eigenvalue weighted by atomic mass is 127. The lowest BCUT2D eigenvalue weighted by molar-refractivity contribution is 1.72. The van der Waals surface area contributed by atoms with Crippen LogP contribution in [-0.4, -0.2) is 0 Å². The van der Waals surface area contributed by atoms with Gasteiger partial charge in [-0.2, -0.15) is 0 Å². The fraction of sp³-hybridized carbons (Fsp3) is 0. The molecule has 0 saturated carbocycles. The van der Waals surface area contributed by atoms with E-state index in [1.165, 1.54) is 14.3 Å². The lowest BCUT2D eigenvalue weighted by Gasteiger charge is -2.07. The summed E-state index contributed by atoms with van der Waals surface area (Å²) in [6.45, 7) is 0. The van der Waals surface area contributed by atoms with Crippen LogP contribution in [0.4, 0.5) is 0 Å². The number of hydrogen-bond donors (Lipinski definition) is 0. The summed E-state index contributed by atoms with van der Waals surface area (Å²) in [6.07, 6.45) is 0. The Bertz CT molecular complexity index is 689. The van der Waals surface area contributed by atoms with E-state index in [0.29, 0.717) is 0 Å². The van der Waals surface area contributed by atoms with Gasteiger partial charge in [0.25, 0.3) is 0 Å². The molecule has 0 spiro atoms. The summed E-state index contributed by atoms with van der Waals surface area (Å²) < 4.78 is 1.20. The summed E-state index contributed by atoms with van der Waals surface area (Å²) in [5.74, 6) is 0. The molecule has 16 heavy (non-hydrogen) atoms. The van der Waals surface area contributed by atoms with E-state index < -0.39 is 0 Å². The van der Waals surface area contributed by atoms with Crippen molar-refractivity contribution in [1.82, 2.24) is 0 Å². The number of benzene rings is 3. The van der Waals surface area contributed by atoms with Crippen molar-refractivity contribution in [1.29, 1.82) is 0 Å². The largest absolute Gasteiger partial charge is 0.0829 e. The van der Waals surface area contributed by atoms with Crippen molar-refractivity contribution in [3.63, 3.8) is 0 Å². The molecule has 0 nitrogen and oxygen atoms in total. The molecule has 78 valence electrons. The Morgan fingerprint density at radius 2 is 1.62 bits per heavy atom. The summed E-state index contributed by atoms with van der Waals surface area (Å²) in [4.78, 5) is 0. The van der Waals surface area contributed by atoms with Gasteiger partial charge in [0, 0.05) is 14.3 Å². The molecule has 0 unspecified atom stereocenters. The van der Waals surface area contributed by atoms with Gasteiger partial charge < -0.3 is 0 Å². The third-order valence-electron chi connectivity index (χ3n) is 2.77. The molecule has 0 saturated heterocycles. The maximum Gasteiger partial charge on any atom is 0.0573 e. The van der Waals surface area contributed by atoms with Crippen molar-refractivity contribution in [2.45, 2.75) is 0 Å². The second kappa shape index (κ2) is 3.90. The minimum atomic E-state index is 0.859. The SMILES string of the molecule is Clc1c2ccccc2cc2cccc(I)c12. The summed E-state index contributed by atoms with van der Waals surface area (Å²) in [7, 11) is 0. The zero-order valence-corrected chi connectivity index (χ0v) is 11.3. The van der Waals surface area contributed by atoms with Crippen LogP contribution in [0.15, 0.2) is 48.5 Å². The average molecular weight is 339 g/mol. The van der Waals surface area contributed by atoms with Gasteiger partial charge in [0.2, 0.25) is 0 Å². The Balaban J connectivity index is 2.62.